The van der Waals surface area contributed by atoms with Crippen molar-refractivity contribution in [1.82, 2.24) is 0 Å². The smallest absolute Gasteiger partial charge is 0.396 e. The zero-order chi connectivity index (χ0) is 29.2. The molecule has 0 spiro atoms. The zero-order valence-corrected chi connectivity index (χ0v) is 27.4. The minimum atomic E-state index is -2.41. The second kappa shape index (κ2) is 18.5. The number of hydrogen-bond acceptors (Lipinski definition) is 6. The van der Waals surface area contributed by atoms with Gasteiger partial charge in [0.2, 0.25) is 0 Å². The first-order valence-corrected chi connectivity index (χ1v) is 18.3. The van der Waals surface area contributed by atoms with Crippen LogP contribution in [0.4, 0.5) is 0 Å². The Balaban J connectivity index is 0.000000294. The van der Waals surface area contributed by atoms with Crippen LogP contribution in [0.2, 0.25) is 12.1 Å². The molecule has 1 fully saturated rings. The van der Waals surface area contributed by atoms with E-state index in [1.165, 1.54) is 18.4 Å². The van der Waals surface area contributed by atoms with Crippen LogP contribution in [-0.2, 0) is 26.9 Å². The second-order valence-electron chi connectivity index (χ2n) is 9.84. The Hall–Kier alpha value is -1.89. The Kier molecular flexibility index (Phi) is 15.9. The molecule has 8 heteroatoms. The van der Waals surface area contributed by atoms with Crippen LogP contribution < -0.4 is 0 Å². The minimum Gasteiger partial charge on any atom is -0.396 e. The minimum absolute atomic E-state index is 0.199. The van der Waals surface area contributed by atoms with E-state index >= 15 is 0 Å². The van der Waals surface area contributed by atoms with Gasteiger partial charge in [-0.25, -0.2) is 0 Å². The summed E-state index contributed by atoms with van der Waals surface area (Å²) in [5.74, 6) is 0. The first-order chi connectivity index (χ1) is 19.5. The van der Waals surface area contributed by atoms with Crippen molar-refractivity contribution in [2.45, 2.75) is 62.8 Å². The highest BCUT2D eigenvalue weighted by Crippen LogP contribution is 2.43. The van der Waals surface area contributed by atoms with Crippen LogP contribution in [0.1, 0.15) is 56.6 Å². The number of ether oxygens (including phenoxy) is 1. The van der Waals surface area contributed by atoms with Crippen molar-refractivity contribution in [2.75, 3.05) is 42.2 Å². The van der Waals surface area contributed by atoms with Gasteiger partial charge in [0.1, 0.15) is 5.22 Å². The molecular weight excluding hydrogens is 537 g/mol. The van der Waals surface area contributed by atoms with Crippen LogP contribution in [0.25, 0.3) is 12.2 Å². The maximum absolute atomic E-state index is 6.03. The number of benzene rings is 2. The highest BCUT2D eigenvalue weighted by molar-refractivity contribution is 6.70. The normalized spacial score (nSPS) is 19.1. The summed E-state index contributed by atoms with van der Waals surface area (Å²) < 4.78 is 34.3. The van der Waals surface area contributed by atoms with Crippen molar-refractivity contribution < 1.29 is 26.9 Å². The molecule has 0 amide bonds. The van der Waals surface area contributed by atoms with E-state index in [9.17, 15) is 0 Å². The summed E-state index contributed by atoms with van der Waals surface area (Å²) in [4.78, 5) is 0. The van der Waals surface area contributed by atoms with E-state index in [0.717, 1.165) is 43.3 Å². The fourth-order valence-electron chi connectivity index (χ4n) is 5.33. The molecule has 0 aliphatic carbocycles. The average molecular weight is 587 g/mol. The van der Waals surface area contributed by atoms with Crippen LogP contribution in [0, 0.1) is 0 Å². The number of unbranched alkanes of at least 4 members (excludes halogenated alkanes) is 1. The van der Waals surface area contributed by atoms with E-state index in [4.69, 9.17) is 26.9 Å². The summed E-state index contributed by atoms with van der Waals surface area (Å²) in [7, 11) is 4.01. The van der Waals surface area contributed by atoms with E-state index in [2.05, 4.69) is 36.4 Å². The molecule has 40 heavy (non-hydrogen) atoms. The maximum atomic E-state index is 6.03. The predicted octanol–water partition coefficient (Wildman–Crippen LogP) is 7.68. The highest BCUT2D eigenvalue weighted by atomic mass is 28.4. The van der Waals surface area contributed by atoms with Gasteiger partial charge in [-0.2, -0.15) is 0 Å². The van der Waals surface area contributed by atoms with Crippen LogP contribution in [0.5, 0.6) is 0 Å². The van der Waals surface area contributed by atoms with E-state index < -0.39 is 17.4 Å². The molecule has 2 aromatic carbocycles. The van der Waals surface area contributed by atoms with Crippen LogP contribution in [0.15, 0.2) is 72.8 Å². The van der Waals surface area contributed by atoms with Gasteiger partial charge in [-0.3, -0.25) is 0 Å². The third-order valence-electron chi connectivity index (χ3n) is 7.71. The van der Waals surface area contributed by atoms with Crippen LogP contribution >= 0.6 is 0 Å². The van der Waals surface area contributed by atoms with E-state index in [1.807, 2.05) is 62.6 Å². The van der Waals surface area contributed by atoms with Gasteiger partial charge in [0.05, 0.1) is 6.61 Å². The van der Waals surface area contributed by atoms with Gasteiger partial charge in [0.25, 0.3) is 0 Å². The quantitative estimate of drug-likeness (QED) is 0.158. The Labute approximate surface area is 244 Å². The molecule has 1 unspecified atom stereocenters. The fourth-order valence-corrected chi connectivity index (χ4v) is 10.8. The highest BCUT2D eigenvalue weighted by Gasteiger charge is 2.58. The van der Waals surface area contributed by atoms with Crippen molar-refractivity contribution >= 4 is 29.5 Å². The van der Waals surface area contributed by atoms with Crippen LogP contribution in [0.3, 0.4) is 0 Å². The van der Waals surface area contributed by atoms with E-state index in [1.54, 1.807) is 28.4 Å². The first kappa shape index (κ1) is 34.3. The lowest BCUT2D eigenvalue weighted by Crippen LogP contribution is -2.64. The molecule has 1 saturated heterocycles. The Morgan fingerprint density at radius 3 is 1.88 bits per heavy atom. The van der Waals surface area contributed by atoms with Crippen molar-refractivity contribution in [3.05, 3.63) is 83.9 Å². The van der Waals surface area contributed by atoms with Gasteiger partial charge in [-0.1, -0.05) is 105 Å². The van der Waals surface area contributed by atoms with Gasteiger partial charge in [0.15, 0.2) is 0 Å². The molecule has 1 atom stereocenters. The molecule has 6 nitrogen and oxygen atoms in total. The Morgan fingerprint density at radius 2 is 1.38 bits per heavy atom. The first-order valence-electron chi connectivity index (χ1n) is 14.3. The Bertz CT molecular complexity index is 969. The number of methoxy groups -OCH3 is 1. The summed E-state index contributed by atoms with van der Waals surface area (Å²) in [5, 5.41) is -0.199. The topological polar surface area (TPSA) is 55.4 Å². The third kappa shape index (κ3) is 9.89. The van der Waals surface area contributed by atoms with Crippen molar-refractivity contribution in [3.63, 3.8) is 0 Å². The molecule has 0 N–H and O–H groups in total. The van der Waals surface area contributed by atoms with E-state index in [-0.39, 0.29) is 5.22 Å². The standard InChI is InChI=1S/C19H30O3Si.C13H20O3Si/c1-20-19(16-10-11-17-23(19,21-2)22-3)15-9-5-8-14-18-12-6-4-7-13-18;1-4-17(14-2,15-3)16-12-8-11-13-9-6-5-7-10-13/h4,6-8,12-14H,5,9-11,15-17H2,1-3H3;5-11H,4,12H2,1-3H3. The predicted molar refractivity (Wildman–Crippen MR) is 169 cm³/mol. The molecule has 2 aromatic rings. The summed E-state index contributed by atoms with van der Waals surface area (Å²) in [6.45, 7) is 2.52. The molecule has 0 radical (unpaired) electrons. The summed E-state index contributed by atoms with van der Waals surface area (Å²) in [5.41, 5.74) is 2.42. The van der Waals surface area contributed by atoms with Crippen molar-refractivity contribution in [2.24, 2.45) is 0 Å². The molecular formula is C32H50O6Si2. The van der Waals surface area contributed by atoms with Gasteiger partial charge >= 0.3 is 17.4 Å². The number of allylic oxidation sites excluding steroid dienone is 1. The molecule has 1 aliphatic heterocycles. The van der Waals surface area contributed by atoms with Gasteiger partial charge in [0, 0.05) is 41.6 Å². The summed E-state index contributed by atoms with van der Waals surface area (Å²) in [6, 6.07) is 22.4. The molecule has 3 rings (SSSR count). The van der Waals surface area contributed by atoms with Gasteiger partial charge in [-0.15, -0.1) is 0 Å². The largest absolute Gasteiger partial charge is 0.500 e. The van der Waals surface area contributed by atoms with Crippen molar-refractivity contribution in [1.29, 1.82) is 0 Å². The van der Waals surface area contributed by atoms with Crippen LogP contribution in [-0.4, -0.2) is 64.7 Å². The molecule has 1 heterocycles. The Morgan fingerprint density at radius 1 is 0.800 bits per heavy atom. The maximum Gasteiger partial charge on any atom is 0.500 e. The molecule has 0 bridgehead atoms. The fraction of sp³-hybridized carbons (Fsp3) is 0.500. The molecule has 1 aliphatic rings. The molecule has 222 valence electrons. The summed E-state index contributed by atoms with van der Waals surface area (Å²) >= 11 is 0. The van der Waals surface area contributed by atoms with Gasteiger partial charge in [-0.05, 0) is 42.9 Å². The lowest BCUT2D eigenvalue weighted by molar-refractivity contribution is -0.0155. The van der Waals surface area contributed by atoms with E-state index in [0.29, 0.717) is 6.61 Å². The number of hydrogen-bond donors (Lipinski definition) is 0. The van der Waals surface area contributed by atoms with Gasteiger partial charge < -0.3 is 26.9 Å². The average Bonchev–Trinajstić information content (AvgIpc) is 3.03. The monoisotopic (exact) mass is 586 g/mol. The molecule has 0 saturated carbocycles. The lowest BCUT2D eigenvalue weighted by Gasteiger charge is -2.48. The SMILES string of the molecule is CC[Si](OC)(OC)OCC=Cc1ccccc1.COC1(CCCC=Cc2ccccc2)CCCC[Si]1(OC)OC. The number of rotatable bonds is 15. The zero-order valence-electron chi connectivity index (χ0n) is 25.4. The lowest BCUT2D eigenvalue weighted by atomic mass is 10.0. The summed E-state index contributed by atoms with van der Waals surface area (Å²) in [6.07, 6.45) is 15.1. The molecule has 0 aromatic heterocycles. The third-order valence-corrected chi connectivity index (χ3v) is 14.8. The second-order valence-corrected chi connectivity index (χ2v) is 16.8. The van der Waals surface area contributed by atoms with Crippen molar-refractivity contribution in [3.8, 4) is 0 Å².